The van der Waals surface area contributed by atoms with E-state index >= 15 is 0 Å². The summed E-state index contributed by atoms with van der Waals surface area (Å²) in [6.45, 7) is 4.01. The first-order valence-electron chi connectivity index (χ1n) is 6.23. The third kappa shape index (κ3) is 4.21. The number of hydrogen-bond donors (Lipinski definition) is 2. The Hall–Kier alpha value is -1.32. The van der Waals surface area contributed by atoms with Gasteiger partial charge in [-0.25, -0.2) is 0 Å². The molecule has 0 bridgehead atoms. The smallest absolute Gasteiger partial charge is 0.243 e. The maximum absolute atomic E-state index is 11.6. The molecular formula is C13H22N2O2. The van der Waals surface area contributed by atoms with Gasteiger partial charge in [0.05, 0.1) is 0 Å². The van der Waals surface area contributed by atoms with Crippen molar-refractivity contribution in [3.05, 3.63) is 12.7 Å². The molecule has 17 heavy (non-hydrogen) atoms. The number of hydrogen-bond acceptors (Lipinski definition) is 2. The first kappa shape index (κ1) is 13.7. The van der Waals surface area contributed by atoms with Crippen LogP contribution in [0.25, 0.3) is 0 Å². The molecule has 1 aliphatic rings. The van der Waals surface area contributed by atoms with Crippen molar-refractivity contribution in [2.75, 3.05) is 13.6 Å². The second-order valence-corrected chi connectivity index (χ2v) is 4.83. The van der Waals surface area contributed by atoms with Gasteiger partial charge in [-0.1, -0.05) is 25.8 Å². The van der Waals surface area contributed by atoms with Crippen LogP contribution in [0.1, 0.15) is 38.5 Å². The number of rotatable bonds is 5. The van der Waals surface area contributed by atoms with E-state index in [0.29, 0.717) is 13.0 Å². The second kappa shape index (κ2) is 6.42. The summed E-state index contributed by atoms with van der Waals surface area (Å²) in [5, 5.41) is 5.50. The molecule has 0 aromatic heterocycles. The van der Waals surface area contributed by atoms with Crippen molar-refractivity contribution in [1.82, 2.24) is 10.6 Å². The van der Waals surface area contributed by atoms with E-state index in [2.05, 4.69) is 17.2 Å². The summed E-state index contributed by atoms with van der Waals surface area (Å²) < 4.78 is 0. The van der Waals surface area contributed by atoms with Crippen molar-refractivity contribution in [2.24, 2.45) is 5.41 Å². The molecule has 1 saturated carbocycles. The fourth-order valence-electron chi connectivity index (χ4n) is 2.49. The van der Waals surface area contributed by atoms with Gasteiger partial charge in [0, 0.05) is 20.0 Å². The summed E-state index contributed by atoms with van der Waals surface area (Å²) in [4.78, 5) is 22.8. The zero-order chi connectivity index (χ0) is 12.7. The molecule has 0 saturated heterocycles. The van der Waals surface area contributed by atoms with Crippen LogP contribution >= 0.6 is 0 Å². The average molecular weight is 238 g/mol. The largest absolute Gasteiger partial charge is 0.359 e. The van der Waals surface area contributed by atoms with Gasteiger partial charge in [0.15, 0.2) is 0 Å². The third-order valence-electron chi connectivity index (χ3n) is 3.55. The molecule has 4 nitrogen and oxygen atoms in total. The van der Waals surface area contributed by atoms with Gasteiger partial charge in [0.2, 0.25) is 11.8 Å². The quantitative estimate of drug-likeness (QED) is 0.711. The standard InChI is InChI=1S/C13H22N2O2/c1-3-11(16)15-10-13(9-12(17)14-2)7-5-4-6-8-13/h3H,1,4-10H2,2H3,(H,14,17)(H,15,16). The Balaban J connectivity index is 2.60. The van der Waals surface area contributed by atoms with Crippen LogP contribution in [0.2, 0.25) is 0 Å². The fraction of sp³-hybridized carbons (Fsp3) is 0.692. The fourth-order valence-corrected chi connectivity index (χ4v) is 2.49. The summed E-state index contributed by atoms with van der Waals surface area (Å²) in [5.41, 5.74) is -0.0585. The Morgan fingerprint density at radius 2 is 1.94 bits per heavy atom. The van der Waals surface area contributed by atoms with Gasteiger partial charge >= 0.3 is 0 Å². The van der Waals surface area contributed by atoms with E-state index < -0.39 is 0 Å². The number of nitrogens with one attached hydrogen (secondary N) is 2. The van der Waals surface area contributed by atoms with Gasteiger partial charge in [-0.05, 0) is 24.3 Å². The van der Waals surface area contributed by atoms with E-state index in [1.807, 2.05) is 0 Å². The van der Waals surface area contributed by atoms with Gasteiger partial charge in [0.1, 0.15) is 0 Å². The Bertz CT molecular complexity index is 294. The van der Waals surface area contributed by atoms with Crippen molar-refractivity contribution in [1.29, 1.82) is 0 Å². The second-order valence-electron chi connectivity index (χ2n) is 4.83. The van der Waals surface area contributed by atoms with Crippen molar-refractivity contribution in [3.8, 4) is 0 Å². The predicted molar refractivity (Wildman–Crippen MR) is 67.4 cm³/mol. The molecular weight excluding hydrogens is 216 g/mol. The minimum Gasteiger partial charge on any atom is -0.359 e. The van der Waals surface area contributed by atoms with Crippen LogP contribution in [0.3, 0.4) is 0 Å². The summed E-state index contributed by atoms with van der Waals surface area (Å²) >= 11 is 0. The normalized spacial score (nSPS) is 18.2. The van der Waals surface area contributed by atoms with Gasteiger partial charge in [-0.3, -0.25) is 9.59 Å². The molecule has 0 atom stereocenters. The zero-order valence-corrected chi connectivity index (χ0v) is 10.6. The molecule has 0 spiro atoms. The van der Waals surface area contributed by atoms with Gasteiger partial charge in [-0.15, -0.1) is 0 Å². The van der Waals surface area contributed by atoms with Crippen molar-refractivity contribution in [2.45, 2.75) is 38.5 Å². The first-order valence-corrected chi connectivity index (χ1v) is 6.23. The van der Waals surface area contributed by atoms with E-state index in [-0.39, 0.29) is 17.2 Å². The lowest BCUT2D eigenvalue weighted by Gasteiger charge is -2.36. The minimum atomic E-state index is -0.160. The summed E-state index contributed by atoms with van der Waals surface area (Å²) in [5.74, 6) is -0.105. The Morgan fingerprint density at radius 1 is 1.29 bits per heavy atom. The molecule has 0 aliphatic heterocycles. The number of amides is 2. The molecule has 96 valence electrons. The number of carbonyl (C=O) groups excluding carboxylic acids is 2. The molecule has 0 radical (unpaired) electrons. The molecule has 1 aliphatic carbocycles. The van der Waals surface area contributed by atoms with E-state index in [1.165, 1.54) is 12.5 Å². The van der Waals surface area contributed by atoms with Crippen molar-refractivity contribution in [3.63, 3.8) is 0 Å². The monoisotopic (exact) mass is 238 g/mol. The highest BCUT2D eigenvalue weighted by atomic mass is 16.2. The topological polar surface area (TPSA) is 58.2 Å². The highest BCUT2D eigenvalue weighted by molar-refractivity contribution is 5.86. The summed E-state index contributed by atoms with van der Waals surface area (Å²) in [6, 6.07) is 0. The Kier molecular flexibility index (Phi) is 5.19. The first-order chi connectivity index (χ1) is 8.12. The van der Waals surface area contributed by atoms with Crippen LogP contribution in [0.4, 0.5) is 0 Å². The summed E-state index contributed by atoms with van der Waals surface area (Å²) in [6.07, 6.45) is 7.31. The van der Waals surface area contributed by atoms with E-state index in [9.17, 15) is 9.59 Å². The van der Waals surface area contributed by atoms with E-state index in [0.717, 1.165) is 25.7 Å². The van der Waals surface area contributed by atoms with Crippen LogP contribution in [0.15, 0.2) is 12.7 Å². The van der Waals surface area contributed by atoms with Crippen molar-refractivity contribution < 1.29 is 9.59 Å². The molecule has 2 N–H and O–H groups in total. The minimum absolute atomic E-state index is 0.0553. The maximum Gasteiger partial charge on any atom is 0.243 e. The Morgan fingerprint density at radius 3 is 2.47 bits per heavy atom. The van der Waals surface area contributed by atoms with Crippen LogP contribution < -0.4 is 10.6 Å². The molecule has 0 unspecified atom stereocenters. The maximum atomic E-state index is 11.6. The van der Waals surface area contributed by atoms with E-state index in [4.69, 9.17) is 0 Å². The highest BCUT2D eigenvalue weighted by Gasteiger charge is 2.34. The average Bonchev–Trinajstić information content (AvgIpc) is 2.37. The summed E-state index contributed by atoms with van der Waals surface area (Å²) in [7, 11) is 1.65. The molecule has 1 fully saturated rings. The molecule has 0 aromatic carbocycles. The van der Waals surface area contributed by atoms with E-state index in [1.54, 1.807) is 7.05 Å². The van der Waals surface area contributed by atoms with Crippen molar-refractivity contribution >= 4 is 11.8 Å². The molecule has 1 rings (SSSR count). The molecule has 4 heteroatoms. The van der Waals surface area contributed by atoms with Crippen LogP contribution in [-0.4, -0.2) is 25.4 Å². The lowest BCUT2D eigenvalue weighted by molar-refractivity contribution is -0.124. The lowest BCUT2D eigenvalue weighted by atomic mass is 9.71. The lowest BCUT2D eigenvalue weighted by Crippen LogP contribution is -2.41. The highest BCUT2D eigenvalue weighted by Crippen LogP contribution is 2.38. The molecule has 0 aromatic rings. The van der Waals surface area contributed by atoms with Crippen LogP contribution in [0, 0.1) is 5.41 Å². The third-order valence-corrected chi connectivity index (χ3v) is 3.55. The van der Waals surface area contributed by atoms with Gasteiger partial charge in [-0.2, -0.15) is 0 Å². The number of carbonyl (C=O) groups is 2. The van der Waals surface area contributed by atoms with Crippen LogP contribution in [-0.2, 0) is 9.59 Å². The predicted octanol–water partition coefficient (Wildman–Crippen LogP) is 1.38. The van der Waals surface area contributed by atoms with Gasteiger partial charge < -0.3 is 10.6 Å². The SMILES string of the molecule is C=CC(=O)NCC1(CC(=O)NC)CCCCC1. The van der Waals surface area contributed by atoms with Crippen LogP contribution in [0.5, 0.6) is 0 Å². The molecule has 0 heterocycles. The zero-order valence-electron chi connectivity index (χ0n) is 10.6. The Labute approximate surface area is 103 Å². The van der Waals surface area contributed by atoms with Gasteiger partial charge in [0.25, 0.3) is 0 Å². The molecule has 2 amide bonds.